The van der Waals surface area contributed by atoms with E-state index in [2.05, 4.69) is 6.58 Å². The number of hydrogen-bond donors (Lipinski definition) is 0. The van der Waals surface area contributed by atoms with Gasteiger partial charge in [-0.25, -0.2) is 8.42 Å². The van der Waals surface area contributed by atoms with E-state index in [4.69, 9.17) is 0 Å². The lowest BCUT2D eigenvalue weighted by molar-refractivity contribution is 0.483. The van der Waals surface area contributed by atoms with E-state index in [1.165, 1.54) is 4.31 Å². The summed E-state index contributed by atoms with van der Waals surface area (Å²) in [6, 6.07) is 17.0. The quantitative estimate of drug-likeness (QED) is 0.777. The molecule has 0 radical (unpaired) electrons. The summed E-state index contributed by atoms with van der Waals surface area (Å²) in [6.07, 6.45) is 4.02. The third kappa shape index (κ3) is 3.87. The maximum absolute atomic E-state index is 13.0. The number of aryl methyl sites for hydroxylation is 1. The summed E-state index contributed by atoms with van der Waals surface area (Å²) in [4.78, 5) is 0.331. The Morgan fingerprint density at radius 1 is 1.00 bits per heavy atom. The lowest BCUT2D eigenvalue weighted by Gasteiger charge is -2.17. The second-order valence-corrected chi connectivity index (χ2v) is 8.55. The lowest BCUT2D eigenvalue weighted by Crippen LogP contribution is -2.29. The smallest absolute Gasteiger partial charge is 0.207 e. The number of nitrogens with zero attached hydrogens (tertiary/aromatic N) is 1. The number of rotatable bonds is 5. The topological polar surface area (TPSA) is 37.4 Å². The molecule has 134 valence electrons. The van der Waals surface area contributed by atoms with Crippen LogP contribution in [0.15, 0.2) is 88.9 Å². The number of hydrogen-bond acceptors (Lipinski definition) is 2. The van der Waals surface area contributed by atoms with Gasteiger partial charge in [-0.3, -0.25) is 0 Å². The van der Waals surface area contributed by atoms with Crippen molar-refractivity contribution in [1.82, 2.24) is 4.31 Å². The van der Waals surface area contributed by atoms with Crippen LogP contribution in [-0.2, 0) is 10.0 Å². The van der Waals surface area contributed by atoms with Crippen LogP contribution < -0.4 is 0 Å². The number of benzene rings is 2. The van der Waals surface area contributed by atoms with Crippen molar-refractivity contribution in [2.45, 2.75) is 18.7 Å². The molecule has 0 atom stereocenters. The fourth-order valence-electron chi connectivity index (χ4n) is 2.97. The molecule has 4 heteroatoms. The molecule has 0 saturated heterocycles. The fraction of sp³-hybridized carbons (Fsp3) is 0.182. The maximum atomic E-state index is 13.0. The van der Waals surface area contributed by atoms with E-state index in [-0.39, 0.29) is 0 Å². The Morgan fingerprint density at radius 2 is 1.65 bits per heavy atom. The summed E-state index contributed by atoms with van der Waals surface area (Å²) in [7, 11) is -3.52. The summed E-state index contributed by atoms with van der Waals surface area (Å²) < 4.78 is 27.5. The van der Waals surface area contributed by atoms with Gasteiger partial charge in [0.25, 0.3) is 0 Å². The van der Waals surface area contributed by atoms with Crippen molar-refractivity contribution >= 4 is 16.1 Å². The Hall–Kier alpha value is -2.43. The molecule has 0 aromatic heterocycles. The first-order chi connectivity index (χ1) is 12.4. The van der Waals surface area contributed by atoms with Crippen molar-refractivity contribution in [1.29, 1.82) is 0 Å². The van der Waals surface area contributed by atoms with Crippen LogP contribution in [0.4, 0.5) is 0 Å². The molecular weight excluding hydrogens is 342 g/mol. The Bertz CT molecular complexity index is 969. The Kier molecular flexibility index (Phi) is 5.25. The summed E-state index contributed by atoms with van der Waals surface area (Å²) in [6.45, 7) is 8.62. The monoisotopic (exact) mass is 365 g/mol. The molecule has 2 aromatic rings. The van der Waals surface area contributed by atoms with Gasteiger partial charge in [0.05, 0.1) is 4.90 Å². The largest absolute Gasteiger partial charge is 0.243 e. The van der Waals surface area contributed by atoms with Gasteiger partial charge in [0.15, 0.2) is 0 Å². The van der Waals surface area contributed by atoms with Gasteiger partial charge in [-0.05, 0) is 42.7 Å². The highest BCUT2D eigenvalue weighted by atomic mass is 32.2. The molecular formula is C22H23NO2S. The SMILES string of the molecule is C=C(C)C1=C(/C=C/c2ccccc2)CN(S(=O)(=O)c2ccc(C)cc2)C1. The van der Waals surface area contributed by atoms with E-state index >= 15 is 0 Å². The van der Waals surface area contributed by atoms with Crippen LogP contribution in [-0.4, -0.2) is 25.8 Å². The van der Waals surface area contributed by atoms with Crippen LogP contribution in [0.25, 0.3) is 6.08 Å². The molecule has 0 aliphatic carbocycles. The molecule has 1 heterocycles. The van der Waals surface area contributed by atoms with Crippen LogP contribution in [0.1, 0.15) is 18.1 Å². The average molecular weight is 365 g/mol. The third-order valence-electron chi connectivity index (χ3n) is 4.52. The van der Waals surface area contributed by atoms with E-state index in [1.54, 1.807) is 12.1 Å². The van der Waals surface area contributed by atoms with Crippen LogP contribution in [0.5, 0.6) is 0 Å². The first-order valence-electron chi connectivity index (χ1n) is 8.56. The molecule has 0 bridgehead atoms. The minimum absolute atomic E-state index is 0.331. The minimum atomic E-state index is -3.52. The Morgan fingerprint density at radius 3 is 2.27 bits per heavy atom. The zero-order valence-corrected chi connectivity index (χ0v) is 16.0. The molecule has 0 spiro atoms. The molecule has 3 rings (SSSR count). The zero-order valence-electron chi connectivity index (χ0n) is 15.1. The molecule has 0 amide bonds. The first kappa shape index (κ1) is 18.4. The molecule has 0 saturated carbocycles. The van der Waals surface area contributed by atoms with Gasteiger partial charge in [0.2, 0.25) is 10.0 Å². The van der Waals surface area contributed by atoms with Crippen LogP contribution in [0, 0.1) is 6.92 Å². The molecule has 0 fully saturated rings. The van der Waals surface area contributed by atoms with Gasteiger partial charge < -0.3 is 0 Å². The van der Waals surface area contributed by atoms with Crippen molar-refractivity contribution in [2.24, 2.45) is 0 Å². The van der Waals surface area contributed by atoms with Gasteiger partial charge in [0.1, 0.15) is 0 Å². The van der Waals surface area contributed by atoms with Crippen molar-refractivity contribution in [3.63, 3.8) is 0 Å². The third-order valence-corrected chi connectivity index (χ3v) is 6.33. The summed E-state index contributed by atoms with van der Waals surface area (Å²) >= 11 is 0. The van der Waals surface area contributed by atoms with Crippen LogP contribution >= 0.6 is 0 Å². The highest BCUT2D eigenvalue weighted by Gasteiger charge is 2.31. The summed E-state index contributed by atoms with van der Waals surface area (Å²) in [5, 5.41) is 0. The highest BCUT2D eigenvalue weighted by Crippen LogP contribution is 2.29. The molecule has 2 aromatic carbocycles. The van der Waals surface area contributed by atoms with Crippen molar-refractivity contribution in [2.75, 3.05) is 13.1 Å². The van der Waals surface area contributed by atoms with Crippen molar-refractivity contribution in [3.8, 4) is 0 Å². The summed E-state index contributed by atoms with van der Waals surface area (Å²) in [5.41, 5.74) is 5.02. The Labute approximate surface area is 156 Å². The first-order valence-corrected chi connectivity index (χ1v) is 10.00. The second kappa shape index (κ2) is 7.44. The predicted molar refractivity (Wildman–Crippen MR) is 107 cm³/mol. The van der Waals surface area contributed by atoms with E-state index in [0.717, 1.165) is 27.8 Å². The van der Waals surface area contributed by atoms with Crippen LogP contribution in [0.3, 0.4) is 0 Å². The average Bonchev–Trinajstić information content (AvgIpc) is 3.07. The van der Waals surface area contributed by atoms with E-state index in [9.17, 15) is 8.42 Å². The maximum Gasteiger partial charge on any atom is 0.243 e. The molecule has 1 aliphatic heterocycles. The Balaban J connectivity index is 1.87. The van der Waals surface area contributed by atoms with Crippen molar-refractivity contribution < 1.29 is 8.42 Å². The molecule has 3 nitrogen and oxygen atoms in total. The minimum Gasteiger partial charge on any atom is -0.207 e. The molecule has 0 unspecified atom stereocenters. The van der Waals surface area contributed by atoms with Crippen molar-refractivity contribution in [3.05, 3.63) is 95.1 Å². The van der Waals surface area contributed by atoms with Crippen LogP contribution in [0.2, 0.25) is 0 Å². The van der Waals surface area contributed by atoms with E-state index < -0.39 is 10.0 Å². The molecule has 26 heavy (non-hydrogen) atoms. The highest BCUT2D eigenvalue weighted by molar-refractivity contribution is 7.89. The van der Waals surface area contributed by atoms with Gasteiger partial charge >= 0.3 is 0 Å². The molecule has 1 aliphatic rings. The van der Waals surface area contributed by atoms with Gasteiger partial charge in [-0.15, -0.1) is 0 Å². The van der Waals surface area contributed by atoms with Gasteiger partial charge in [0, 0.05) is 13.1 Å². The number of sulfonamides is 1. The van der Waals surface area contributed by atoms with E-state index in [0.29, 0.717) is 18.0 Å². The molecule has 0 N–H and O–H groups in total. The standard InChI is InChI=1S/C22H23NO2S/c1-17(2)22-16-23(26(24,25)21-13-9-18(3)10-14-21)15-20(22)12-11-19-7-5-4-6-8-19/h4-14H,1,15-16H2,2-3H3/b12-11+. The zero-order chi connectivity index (χ0) is 18.7. The normalized spacial score (nSPS) is 15.8. The lowest BCUT2D eigenvalue weighted by atomic mass is 10.0. The fourth-order valence-corrected chi connectivity index (χ4v) is 4.36. The second-order valence-electron chi connectivity index (χ2n) is 6.61. The van der Waals surface area contributed by atoms with Gasteiger partial charge in [-0.2, -0.15) is 4.31 Å². The predicted octanol–water partition coefficient (Wildman–Crippen LogP) is 4.59. The van der Waals surface area contributed by atoms with E-state index in [1.807, 2.05) is 68.5 Å². The van der Waals surface area contributed by atoms with Gasteiger partial charge in [-0.1, -0.05) is 72.3 Å². The summed E-state index contributed by atoms with van der Waals surface area (Å²) in [5.74, 6) is 0.